The van der Waals surface area contributed by atoms with Crippen molar-refractivity contribution in [3.63, 3.8) is 0 Å². The zero-order valence-electron chi connectivity index (χ0n) is 19.4. The Morgan fingerprint density at radius 2 is 2.00 bits per heavy atom. The molecule has 1 N–H and O–H groups in total. The van der Waals surface area contributed by atoms with Gasteiger partial charge in [-0.05, 0) is 82.2 Å². The molecule has 0 amide bonds. The van der Waals surface area contributed by atoms with Crippen molar-refractivity contribution in [2.75, 3.05) is 26.2 Å². The van der Waals surface area contributed by atoms with E-state index >= 15 is 0 Å². The molecule has 1 aromatic rings. The number of likely N-dealkylation sites (tertiary alicyclic amines) is 1. The van der Waals surface area contributed by atoms with E-state index in [0.29, 0.717) is 11.7 Å². The molecule has 5 rings (SSSR count). The summed E-state index contributed by atoms with van der Waals surface area (Å²) in [5.74, 6) is 1.45. The molecule has 33 heavy (non-hydrogen) atoms. The number of oxime groups is 1. The molecule has 6 nitrogen and oxygen atoms in total. The summed E-state index contributed by atoms with van der Waals surface area (Å²) in [5, 5.41) is 14.7. The summed E-state index contributed by atoms with van der Waals surface area (Å²) >= 11 is 0. The van der Waals surface area contributed by atoms with Crippen LogP contribution in [-0.2, 0) is 6.42 Å². The summed E-state index contributed by atoms with van der Waals surface area (Å²) in [5.41, 5.74) is 5.34. The summed E-state index contributed by atoms with van der Waals surface area (Å²) in [6.45, 7) is 10.3. The third kappa shape index (κ3) is 4.62. The molecule has 0 radical (unpaired) electrons. The van der Waals surface area contributed by atoms with Gasteiger partial charge in [0.05, 0.1) is 5.71 Å². The Labute approximate surface area is 195 Å². The zero-order valence-corrected chi connectivity index (χ0v) is 19.4. The molecule has 2 fully saturated rings. The molecule has 4 aliphatic heterocycles. The summed E-state index contributed by atoms with van der Waals surface area (Å²) in [6, 6.07) is 4.72. The second kappa shape index (κ2) is 9.39. The van der Waals surface area contributed by atoms with Gasteiger partial charge in [0.15, 0.2) is 5.75 Å². The van der Waals surface area contributed by atoms with E-state index in [1.165, 1.54) is 17.7 Å². The molecule has 4 heterocycles. The van der Waals surface area contributed by atoms with E-state index in [0.717, 1.165) is 99.6 Å². The molecule has 0 aliphatic carbocycles. The molecule has 1 atom stereocenters. The molecular weight excluding hydrogens is 419 g/mol. The Hall–Kier alpha value is -2.51. The molecule has 2 saturated heterocycles. The quantitative estimate of drug-likeness (QED) is 0.741. The van der Waals surface area contributed by atoms with Gasteiger partial charge in [0.25, 0.3) is 0 Å². The molecule has 4 aliphatic rings. The van der Waals surface area contributed by atoms with Crippen LogP contribution in [0.25, 0.3) is 0 Å². The lowest BCUT2D eigenvalue weighted by Gasteiger charge is -2.39. The largest absolute Gasteiger partial charge is 0.385 e. The van der Waals surface area contributed by atoms with E-state index < -0.39 is 6.10 Å². The molecule has 0 saturated carbocycles. The number of hydrogen-bond donors (Lipinski definition) is 1. The standard InChI is InChI=1S/C26H33FN4O2/c1-17-22(18(2)31-12-3-4-24(32)26(31)28-17)11-15-30-13-9-19(10-14-30)23-8-6-20-5-7-21(27)16-25(20)33-29-23/h5,7,16,19,24,32H,2-4,6,8-15H2,1H3. The van der Waals surface area contributed by atoms with Crippen molar-refractivity contribution >= 4 is 11.5 Å². The molecule has 1 aromatic carbocycles. The van der Waals surface area contributed by atoms with Gasteiger partial charge in [0.2, 0.25) is 0 Å². The van der Waals surface area contributed by atoms with Gasteiger partial charge in [-0.1, -0.05) is 17.8 Å². The fourth-order valence-corrected chi connectivity index (χ4v) is 5.49. The van der Waals surface area contributed by atoms with E-state index in [-0.39, 0.29) is 5.82 Å². The van der Waals surface area contributed by atoms with Crippen LogP contribution in [0.1, 0.15) is 51.0 Å². The highest BCUT2D eigenvalue weighted by Crippen LogP contribution is 2.32. The minimum absolute atomic E-state index is 0.287. The summed E-state index contributed by atoms with van der Waals surface area (Å²) < 4.78 is 13.5. The maximum Gasteiger partial charge on any atom is 0.164 e. The van der Waals surface area contributed by atoms with E-state index in [9.17, 15) is 9.50 Å². The van der Waals surface area contributed by atoms with E-state index in [4.69, 9.17) is 9.83 Å². The molecule has 0 bridgehead atoms. The Balaban J connectivity index is 1.16. The highest BCUT2D eigenvalue weighted by molar-refractivity contribution is 5.91. The number of hydrogen-bond acceptors (Lipinski definition) is 6. The lowest BCUT2D eigenvalue weighted by Crippen LogP contribution is -2.45. The van der Waals surface area contributed by atoms with E-state index in [1.807, 2.05) is 6.92 Å². The number of aliphatic hydroxyl groups excluding tert-OH is 1. The van der Waals surface area contributed by atoms with Crippen LogP contribution in [0.5, 0.6) is 5.75 Å². The second-order valence-electron chi connectivity index (χ2n) is 9.58. The molecular formula is C26H33FN4O2. The predicted molar refractivity (Wildman–Crippen MR) is 128 cm³/mol. The topological polar surface area (TPSA) is 60.7 Å². The highest BCUT2D eigenvalue weighted by atomic mass is 19.1. The molecule has 7 heteroatoms. The lowest BCUT2D eigenvalue weighted by molar-refractivity contribution is 0.187. The molecule has 1 unspecified atom stereocenters. The number of piperidine rings is 2. The van der Waals surface area contributed by atoms with Crippen LogP contribution >= 0.6 is 0 Å². The smallest absolute Gasteiger partial charge is 0.164 e. The van der Waals surface area contributed by atoms with E-state index in [2.05, 4.69) is 21.5 Å². The van der Waals surface area contributed by atoms with Gasteiger partial charge in [0, 0.05) is 36.5 Å². The fraction of sp³-hybridized carbons (Fsp3) is 0.538. The zero-order chi connectivity index (χ0) is 22.9. The van der Waals surface area contributed by atoms with E-state index in [1.54, 1.807) is 6.07 Å². The predicted octanol–water partition coefficient (Wildman–Crippen LogP) is 4.27. The number of aliphatic imine (C=N–C) groups is 1. The summed E-state index contributed by atoms with van der Waals surface area (Å²) in [6.07, 6.45) is 6.03. The minimum atomic E-state index is -0.478. The number of allylic oxidation sites excluding steroid dienone is 2. The van der Waals surface area contributed by atoms with Gasteiger partial charge in [-0.25, -0.2) is 9.38 Å². The molecule has 0 aromatic heterocycles. The average Bonchev–Trinajstić information content (AvgIpc) is 3.02. The van der Waals surface area contributed by atoms with Gasteiger partial charge in [-0.3, -0.25) is 0 Å². The number of aryl methyl sites for hydroxylation is 1. The first-order chi connectivity index (χ1) is 16.0. The maximum atomic E-state index is 13.5. The summed E-state index contributed by atoms with van der Waals surface area (Å²) in [7, 11) is 0. The van der Waals surface area contributed by atoms with Crippen molar-refractivity contribution < 1.29 is 14.3 Å². The highest BCUT2D eigenvalue weighted by Gasteiger charge is 2.32. The minimum Gasteiger partial charge on any atom is -0.385 e. The maximum absolute atomic E-state index is 13.5. The number of amidine groups is 1. The van der Waals surface area contributed by atoms with Crippen LogP contribution in [0.3, 0.4) is 0 Å². The lowest BCUT2D eigenvalue weighted by atomic mass is 9.88. The van der Waals surface area contributed by atoms with Crippen LogP contribution in [-0.4, -0.2) is 58.7 Å². The summed E-state index contributed by atoms with van der Waals surface area (Å²) in [4.78, 5) is 15.0. The first kappa shape index (κ1) is 22.3. The third-order valence-corrected chi connectivity index (χ3v) is 7.50. The van der Waals surface area contributed by atoms with Gasteiger partial charge in [-0.2, -0.15) is 0 Å². The Bertz CT molecular complexity index is 1020. The van der Waals surface area contributed by atoms with Crippen molar-refractivity contribution in [1.29, 1.82) is 0 Å². The number of nitrogens with zero attached hydrogens (tertiary/aromatic N) is 4. The SMILES string of the molecule is C=C1C(CCN2CCC(C3=NOc4cc(F)ccc4CC3)CC2)=C(C)N=C2C(O)CCCN12. The van der Waals surface area contributed by atoms with Crippen molar-refractivity contribution in [2.24, 2.45) is 16.1 Å². The number of rotatable bonds is 4. The van der Waals surface area contributed by atoms with Crippen LogP contribution in [0, 0.1) is 11.7 Å². The third-order valence-electron chi connectivity index (χ3n) is 7.50. The van der Waals surface area contributed by atoms with Crippen LogP contribution < -0.4 is 4.84 Å². The number of halogens is 1. The Morgan fingerprint density at radius 1 is 1.18 bits per heavy atom. The normalized spacial score (nSPS) is 24.5. The number of benzene rings is 1. The van der Waals surface area contributed by atoms with Crippen molar-refractivity contribution in [3.8, 4) is 5.75 Å². The average molecular weight is 453 g/mol. The van der Waals surface area contributed by atoms with Crippen LogP contribution in [0.4, 0.5) is 4.39 Å². The fourth-order valence-electron chi connectivity index (χ4n) is 5.49. The first-order valence-corrected chi connectivity index (χ1v) is 12.2. The molecule has 0 spiro atoms. The van der Waals surface area contributed by atoms with Crippen molar-refractivity contribution in [1.82, 2.24) is 9.80 Å². The van der Waals surface area contributed by atoms with Crippen molar-refractivity contribution in [3.05, 3.63) is 53.1 Å². The van der Waals surface area contributed by atoms with Crippen molar-refractivity contribution in [2.45, 2.75) is 58.0 Å². The van der Waals surface area contributed by atoms with Gasteiger partial charge >= 0.3 is 0 Å². The van der Waals surface area contributed by atoms with Gasteiger partial charge in [-0.15, -0.1) is 0 Å². The monoisotopic (exact) mass is 452 g/mol. The van der Waals surface area contributed by atoms with Gasteiger partial charge in [0.1, 0.15) is 17.8 Å². The first-order valence-electron chi connectivity index (χ1n) is 12.2. The number of aliphatic hydroxyl groups is 1. The van der Waals surface area contributed by atoms with Gasteiger partial charge < -0.3 is 19.7 Å². The Morgan fingerprint density at radius 3 is 2.82 bits per heavy atom. The molecule has 176 valence electrons. The van der Waals surface area contributed by atoms with Crippen LogP contribution in [0.15, 0.2) is 51.9 Å². The van der Waals surface area contributed by atoms with Crippen LogP contribution in [0.2, 0.25) is 0 Å². The Kier molecular flexibility index (Phi) is 6.34. The number of fused-ring (bicyclic) bond motifs is 2. The second-order valence-corrected chi connectivity index (χ2v) is 9.58.